The molecule has 1 rings (SSSR count). The summed E-state index contributed by atoms with van der Waals surface area (Å²) in [6.07, 6.45) is -0.899. The van der Waals surface area contributed by atoms with Gasteiger partial charge in [-0.1, -0.05) is 13.8 Å². The van der Waals surface area contributed by atoms with Gasteiger partial charge in [0, 0.05) is 5.92 Å². The van der Waals surface area contributed by atoms with Gasteiger partial charge in [0.25, 0.3) is 0 Å². The normalized spacial score (nSPS) is 12.8. The van der Waals surface area contributed by atoms with Gasteiger partial charge in [0.1, 0.15) is 23.6 Å². The van der Waals surface area contributed by atoms with Crippen LogP contribution in [0.2, 0.25) is 0 Å². The van der Waals surface area contributed by atoms with Gasteiger partial charge in [-0.25, -0.2) is 9.97 Å². The topological polar surface area (TPSA) is 74.5 Å². The fourth-order valence-corrected chi connectivity index (χ4v) is 2.43. The highest BCUT2D eigenvalue weighted by atomic mass is 16.5. The summed E-state index contributed by atoms with van der Waals surface area (Å²) in [6.45, 7) is 5.81. The van der Waals surface area contributed by atoms with E-state index >= 15 is 0 Å². The minimum atomic E-state index is -0.695. The Labute approximate surface area is 138 Å². The largest absolute Gasteiger partial charge is 0.480 e. The second-order valence-electron chi connectivity index (χ2n) is 6.17. The molecule has 1 aromatic rings. The Balaban J connectivity index is 3.24. The lowest BCUT2D eigenvalue weighted by Gasteiger charge is -2.33. The third-order valence-electron chi connectivity index (χ3n) is 3.45. The number of nitrogens with zero attached hydrogens (tertiary/aromatic N) is 5. The van der Waals surface area contributed by atoms with Gasteiger partial charge in [-0.05, 0) is 35.1 Å². The molecule has 0 aliphatic carbocycles. The molecule has 0 spiro atoms. The molecule has 0 saturated carbocycles. The van der Waals surface area contributed by atoms with Gasteiger partial charge in [-0.2, -0.15) is 5.26 Å². The predicted octanol–water partition coefficient (Wildman–Crippen LogP) is 1.64. The Morgan fingerprint density at radius 3 is 2.00 bits per heavy atom. The number of hydrogen-bond donors (Lipinski definition) is 0. The van der Waals surface area contributed by atoms with Crippen molar-refractivity contribution in [1.82, 2.24) is 19.8 Å². The van der Waals surface area contributed by atoms with E-state index in [4.69, 9.17) is 9.47 Å². The number of ether oxygens (including phenoxy) is 2. The van der Waals surface area contributed by atoms with Crippen molar-refractivity contribution in [1.29, 1.82) is 5.26 Å². The summed E-state index contributed by atoms with van der Waals surface area (Å²) in [5.41, 5.74) is 1.32. The fraction of sp³-hybridized carbons (Fsp3) is 0.688. The molecule has 0 amide bonds. The third-order valence-corrected chi connectivity index (χ3v) is 3.45. The summed E-state index contributed by atoms with van der Waals surface area (Å²) in [6, 6.07) is 2.22. The number of methoxy groups -OCH3 is 1. The maximum Gasteiger partial charge on any atom is 0.237 e. The lowest BCUT2D eigenvalue weighted by molar-refractivity contribution is 0.0376. The summed E-state index contributed by atoms with van der Waals surface area (Å²) >= 11 is 0. The van der Waals surface area contributed by atoms with Crippen LogP contribution < -0.4 is 9.47 Å². The van der Waals surface area contributed by atoms with E-state index in [0.717, 1.165) is 0 Å². The van der Waals surface area contributed by atoms with Crippen LogP contribution in [0.15, 0.2) is 0 Å². The van der Waals surface area contributed by atoms with Gasteiger partial charge in [0.2, 0.25) is 17.9 Å². The van der Waals surface area contributed by atoms with Crippen molar-refractivity contribution in [3.05, 3.63) is 11.4 Å². The number of rotatable bonds is 7. The number of aromatic nitrogens is 2. The molecule has 1 heterocycles. The van der Waals surface area contributed by atoms with Crippen molar-refractivity contribution >= 4 is 0 Å². The molecule has 1 unspecified atom stereocenters. The Morgan fingerprint density at radius 2 is 1.61 bits per heavy atom. The lowest BCUT2D eigenvalue weighted by atomic mass is 10.1. The number of likely N-dealkylation sites (N-methyl/N-ethyl adjacent to an activating group) is 2. The van der Waals surface area contributed by atoms with Gasteiger partial charge in [-0.3, -0.25) is 9.80 Å². The maximum absolute atomic E-state index is 9.55. The van der Waals surface area contributed by atoms with Crippen molar-refractivity contribution in [2.24, 2.45) is 0 Å². The summed E-state index contributed by atoms with van der Waals surface area (Å²) < 4.78 is 11.2. The highest BCUT2D eigenvalue weighted by Gasteiger charge is 2.29. The van der Waals surface area contributed by atoms with Crippen LogP contribution in [0.4, 0.5) is 0 Å². The average molecular weight is 321 g/mol. The molecule has 128 valence electrons. The van der Waals surface area contributed by atoms with Crippen molar-refractivity contribution in [2.75, 3.05) is 35.3 Å². The maximum atomic E-state index is 9.55. The Bertz CT molecular complexity index is 558. The number of nitriles is 1. The first-order chi connectivity index (χ1) is 10.7. The van der Waals surface area contributed by atoms with E-state index < -0.39 is 6.10 Å². The molecule has 23 heavy (non-hydrogen) atoms. The second-order valence-corrected chi connectivity index (χ2v) is 6.17. The average Bonchev–Trinajstić information content (AvgIpc) is 2.45. The zero-order valence-electron chi connectivity index (χ0n) is 15.3. The van der Waals surface area contributed by atoms with Crippen LogP contribution >= 0.6 is 0 Å². The van der Waals surface area contributed by atoms with E-state index in [0.29, 0.717) is 23.1 Å². The Morgan fingerprint density at radius 1 is 1.04 bits per heavy atom. The molecule has 0 radical (unpaired) electrons. The standard InChI is InChI=1S/C16H27N5O2/c1-10(2)13-15(18-11(3)14(19-13)22-8)23-12(9-17)16(20(4)5)21(6)7/h10,12,16H,1-8H3. The third kappa shape index (κ3) is 4.53. The minimum absolute atomic E-state index is 0.100. The minimum Gasteiger partial charge on any atom is -0.480 e. The van der Waals surface area contributed by atoms with Gasteiger partial charge < -0.3 is 9.47 Å². The Kier molecular flexibility index (Phi) is 6.73. The van der Waals surface area contributed by atoms with E-state index in [1.165, 1.54) is 0 Å². The molecule has 0 bridgehead atoms. The molecule has 0 N–H and O–H groups in total. The van der Waals surface area contributed by atoms with Gasteiger partial charge in [0.15, 0.2) is 0 Å². The molecule has 0 aliphatic heterocycles. The Hall–Kier alpha value is -1.91. The van der Waals surface area contributed by atoms with Crippen molar-refractivity contribution < 1.29 is 9.47 Å². The summed E-state index contributed by atoms with van der Waals surface area (Å²) in [4.78, 5) is 12.8. The first-order valence-corrected chi connectivity index (χ1v) is 7.54. The van der Waals surface area contributed by atoms with Crippen LogP contribution in [0, 0.1) is 18.3 Å². The quantitative estimate of drug-likeness (QED) is 0.707. The van der Waals surface area contributed by atoms with Crippen LogP contribution in [-0.4, -0.2) is 67.3 Å². The highest BCUT2D eigenvalue weighted by molar-refractivity contribution is 5.30. The molecule has 0 aromatic carbocycles. The lowest BCUT2D eigenvalue weighted by Crippen LogP contribution is -2.50. The zero-order chi connectivity index (χ0) is 17.7. The highest BCUT2D eigenvalue weighted by Crippen LogP contribution is 2.28. The zero-order valence-corrected chi connectivity index (χ0v) is 15.3. The first kappa shape index (κ1) is 19.1. The molecule has 0 fully saturated rings. The molecule has 7 nitrogen and oxygen atoms in total. The number of hydrogen-bond acceptors (Lipinski definition) is 7. The van der Waals surface area contributed by atoms with Crippen molar-refractivity contribution in [3.8, 4) is 17.8 Å². The van der Waals surface area contributed by atoms with Gasteiger partial charge >= 0.3 is 0 Å². The second kappa shape index (κ2) is 8.09. The monoisotopic (exact) mass is 321 g/mol. The van der Waals surface area contributed by atoms with Crippen molar-refractivity contribution in [2.45, 2.75) is 39.0 Å². The molecule has 1 atom stereocenters. The molecule has 1 aromatic heterocycles. The molecular formula is C16H27N5O2. The fourth-order valence-electron chi connectivity index (χ4n) is 2.43. The summed E-state index contributed by atoms with van der Waals surface area (Å²) in [7, 11) is 9.20. The van der Waals surface area contributed by atoms with Crippen molar-refractivity contribution in [3.63, 3.8) is 0 Å². The number of aryl methyl sites for hydroxylation is 1. The van der Waals surface area contributed by atoms with E-state index in [1.54, 1.807) is 14.0 Å². The van der Waals surface area contributed by atoms with E-state index in [9.17, 15) is 5.26 Å². The predicted molar refractivity (Wildman–Crippen MR) is 88.6 cm³/mol. The van der Waals surface area contributed by atoms with E-state index in [-0.39, 0.29) is 12.1 Å². The van der Waals surface area contributed by atoms with Crippen LogP contribution in [0.5, 0.6) is 11.8 Å². The van der Waals surface area contributed by atoms with Crippen LogP contribution in [0.1, 0.15) is 31.2 Å². The van der Waals surface area contributed by atoms with E-state index in [2.05, 4.69) is 16.0 Å². The van der Waals surface area contributed by atoms with Crippen LogP contribution in [0.25, 0.3) is 0 Å². The SMILES string of the molecule is COc1nc(C(C)C)c(OC(C#N)C(N(C)C)N(C)C)nc1C. The summed E-state index contributed by atoms with van der Waals surface area (Å²) in [5, 5.41) is 9.55. The molecule has 7 heteroatoms. The van der Waals surface area contributed by atoms with Crippen LogP contribution in [0.3, 0.4) is 0 Å². The molecular weight excluding hydrogens is 294 g/mol. The van der Waals surface area contributed by atoms with Gasteiger partial charge in [-0.15, -0.1) is 0 Å². The van der Waals surface area contributed by atoms with Crippen LogP contribution in [-0.2, 0) is 0 Å². The van der Waals surface area contributed by atoms with E-state index in [1.807, 2.05) is 51.8 Å². The summed E-state index contributed by atoms with van der Waals surface area (Å²) in [5.74, 6) is 0.966. The van der Waals surface area contributed by atoms with Gasteiger partial charge in [0.05, 0.1) is 7.11 Å². The molecule has 0 saturated heterocycles. The smallest absolute Gasteiger partial charge is 0.237 e. The first-order valence-electron chi connectivity index (χ1n) is 7.54. The molecule has 0 aliphatic rings.